The summed E-state index contributed by atoms with van der Waals surface area (Å²) in [5, 5.41) is 0. The number of ether oxygens (including phenoxy) is 2. The van der Waals surface area contributed by atoms with Gasteiger partial charge in [0, 0.05) is 19.4 Å². The van der Waals surface area contributed by atoms with Crippen molar-refractivity contribution in [3.63, 3.8) is 0 Å². The van der Waals surface area contributed by atoms with E-state index in [-0.39, 0.29) is 0 Å². The Morgan fingerprint density at radius 1 is 1.22 bits per heavy atom. The molecule has 1 saturated carbocycles. The molecule has 0 aromatic heterocycles. The van der Waals surface area contributed by atoms with Crippen molar-refractivity contribution in [1.29, 1.82) is 0 Å². The molecule has 0 radical (unpaired) electrons. The zero-order valence-corrected chi connectivity index (χ0v) is 11.1. The third-order valence-electron chi connectivity index (χ3n) is 4.79. The van der Waals surface area contributed by atoms with Crippen molar-refractivity contribution >= 4 is 0 Å². The van der Waals surface area contributed by atoms with Crippen molar-refractivity contribution in [2.75, 3.05) is 6.54 Å². The third-order valence-corrected chi connectivity index (χ3v) is 4.79. The third kappa shape index (κ3) is 1.21. The molecule has 3 fully saturated rings. The van der Waals surface area contributed by atoms with Crippen LogP contribution in [0.4, 0.5) is 0 Å². The normalized spacial score (nSPS) is 40.7. The lowest BCUT2D eigenvalue weighted by Crippen LogP contribution is -2.49. The highest BCUT2D eigenvalue weighted by molar-refractivity contribution is 5.40. The van der Waals surface area contributed by atoms with E-state index in [9.17, 15) is 0 Å². The second-order valence-electron chi connectivity index (χ2n) is 6.29. The quantitative estimate of drug-likeness (QED) is 0.777. The first kappa shape index (κ1) is 11.3. The van der Waals surface area contributed by atoms with Gasteiger partial charge in [-0.1, -0.05) is 20.3 Å². The molecular weight excluding hydrogens is 230 g/mol. The monoisotopic (exact) mass is 251 g/mol. The summed E-state index contributed by atoms with van der Waals surface area (Å²) in [6.07, 6.45) is 5.68. The lowest BCUT2D eigenvalue weighted by Gasteiger charge is -2.39. The summed E-state index contributed by atoms with van der Waals surface area (Å²) >= 11 is 0. The van der Waals surface area contributed by atoms with Crippen molar-refractivity contribution in [2.45, 2.75) is 57.5 Å². The van der Waals surface area contributed by atoms with E-state index in [1.807, 2.05) is 0 Å². The highest BCUT2D eigenvalue weighted by Gasteiger charge is 2.70. The fraction of sp³-hybridized carbons (Fsp3) is 0.857. The van der Waals surface area contributed by atoms with Crippen LogP contribution >= 0.6 is 0 Å². The van der Waals surface area contributed by atoms with Crippen LogP contribution in [-0.4, -0.2) is 18.1 Å². The first-order valence-electron chi connectivity index (χ1n) is 7.21. The summed E-state index contributed by atoms with van der Waals surface area (Å²) in [5.41, 5.74) is 4.40. The Kier molecular flexibility index (Phi) is 2.19. The molecule has 4 aliphatic rings. The van der Waals surface area contributed by atoms with Gasteiger partial charge in [0.2, 0.25) is 5.79 Å². The van der Waals surface area contributed by atoms with E-state index >= 15 is 0 Å². The minimum atomic E-state index is -0.586. The van der Waals surface area contributed by atoms with Gasteiger partial charge in [0.25, 0.3) is 5.79 Å². The van der Waals surface area contributed by atoms with E-state index < -0.39 is 11.6 Å². The number of hydrogen-bond donors (Lipinski definition) is 1. The molecule has 1 N–H and O–H groups in total. The largest absolute Gasteiger partial charge is 0.461 e. The average molecular weight is 251 g/mol. The van der Waals surface area contributed by atoms with Crippen molar-refractivity contribution in [3.8, 4) is 0 Å². The highest BCUT2D eigenvalue weighted by atomic mass is 16.9. The predicted molar refractivity (Wildman–Crippen MR) is 65.2 cm³/mol. The molecule has 2 saturated heterocycles. The first-order chi connectivity index (χ1) is 8.67. The molecule has 2 aliphatic heterocycles. The van der Waals surface area contributed by atoms with E-state index in [1.54, 1.807) is 0 Å². The van der Waals surface area contributed by atoms with Crippen LogP contribution in [-0.2, 0) is 14.3 Å². The molecule has 0 amide bonds. The van der Waals surface area contributed by atoms with Gasteiger partial charge in [-0.05, 0) is 24.3 Å². The molecular formula is C14H21NO3. The lowest BCUT2D eigenvalue weighted by atomic mass is 9.72. The predicted octanol–water partition coefficient (Wildman–Crippen LogP) is 2.46. The van der Waals surface area contributed by atoms with Crippen LogP contribution in [0.5, 0.6) is 0 Å². The van der Waals surface area contributed by atoms with E-state index in [2.05, 4.69) is 19.3 Å². The maximum absolute atomic E-state index is 6.32. The molecule has 0 aromatic carbocycles. The zero-order valence-electron chi connectivity index (χ0n) is 11.1. The summed E-state index contributed by atoms with van der Waals surface area (Å²) in [7, 11) is 0. The van der Waals surface area contributed by atoms with Gasteiger partial charge in [0.15, 0.2) is 5.76 Å². The molecule has 2 aliphatic carbocycles. The minimum Gasteiger partial charge on any atom is -0.461 e. The van der Waals surface area contributed by atoms with Gasteiger partial charge in [0.05, 0.1) is 5.92 Å². The fourth-order valence-electron chi connectivity index (χ4n) is 3.95. The van der Waals surface area contributed by atoms with Gasteiger partial charge in [-0.2, -0.15) is 5.48 Å². The van der Waals surface area contributed by atoms with Crippen molar-refractivity contribution in [1.82, 2.24) is 5.48 Å². The first-order valence-corrected chi connectivity index (χ1v) is 7.21. The van der Waals surface area contributed by atoms with Crippen LogP contribution in [0.3, 0.4) is 0 Å². The van der Waals surface area contributed by atoms with E-state index in [4.69, 9.17) is 14.3 Å². The van der Waals surface area contributed by atoms with Crippen molar-refractivity contribution < 1.29 is 14.3 Å². The summed E-state index contributed by atoms with van der Waals surface area (Å²) in [6, 6.07) is 0. The molecule has 2 heterocycles. The second kappa shape index (κ2) is 3.50. The molecule has 4 nitrogen and oxygen atoms in total. The average Bonchev–Trinajstić information content (AvgIpc) is 2.79. The maximum Gasteiger partial charge on any atom is 0.256 e. The summed E-state index contributed by atoms with van der Waals surface area (Å²) in [6.45, 7) is 5.29. The zero-order chi connectivity index (χ0) is 12.4. The number of hydrogen-bond acceptors (Lipinski definition) is 4. The number of nitrogens with one attached hydrogen (secondary N) is 1. The number of rotatable bonds is 1. The van der Waals surface area contributed by atoms with Gasteiger partial charge < -0.3 is 4.74 Å². The summed E-state index contributed by atoms with van der Waals surface area (Å²) in [5.74, 6) is 0.845. The smallest absolute Gasteiger partial charge is 0.256 e. The van der Waals surface area contributed by atoms with E-state index in [0.29, 0.717) is 11.8 Å². The second-order valence-corrected chi connectivity index (χ2v) is 6.29. The number of hydroxylamine groups is 1. The van der Waals surface area contributed by atoms with Crippen LogP contribution in [0.15, 0.2) is 11.3 Å². The Morgan fingerprint density at radius 3 is 2.72 bits per heavy atom. The van der Waals surface area contributed by atoms with Gasteiger partial charge in [-0.25, -0.2) is 0 Å². The Hall–Kier alpha value is -0.580. The van der Waals surface area contributed by atoms with Gasteiger partial charge in [-0.3, -0.25) is 9.57 Å². The van der Waals surface area contributed by atoms with E-state index in [0.717, 1.165) is 25.1 Å². The molecule has 0 aromatic rings. The Bertz CT molecular complexity index is 411. The topological polar surface area (TPSA) is 39.7 Å². The van der Waals surface area contributed by atoms with Gasteiger partial charge in [-0.15, -0.1) is 0 Å². The SMILES string of the molecule is CC(C)C1=C2OC3(CCCCC3)OC23ONC[C@H]13. The lowest BCUT2D eigenvalue weighted by molar-refractivity contribution is -0.281. The Morgan fingerprint density at radius 2 is 2.00 bits per heavy atom. The van der Waals surface area contributed by atoms with E-state index in [1.165, 1.54) is 24.8 Å². The summed E-state index contributed by atoms with van der Waals surface area (Å²) < 4.78 is 12.6. The Labute approximate surface area is 108 Å². The molecule has 4 rings (SSSR count). The molecule has 1 unspecified atom stereocenters. The van der Waals surface area contributed by atoms with Gasteiger partial charge >= 0.3 is 0 Å². The maximum atomic E-state index is 6.32. The molecule has 100 valence electrons. The van der Waals surface area contributed by atoms with Crippen LogP contribution < -0.4 is 5.48 Å². The molecule has 2 spiro atoms. The molecule has 2 atom stereocenters. The van der Waals surface area contributed by atoms with Crippen LogP contribution in [0.25, 0.3) is 0 Å². The van der Waals surface area contributed by atoms with Gasteiger partial charge in [0.1, 0.15) is 0 Å². The standard InChI is InChI=1S/C14H21NO3/c1-9(2)11-10-8-15-18-14(10)12(11)16-13(17-14)6-4-3-5-7-13/h9-10,15H,3-8H2,1-2H3/t10-,14?/m1/s1. The molecule has 18 heavy (non-hydrogen) atoms. The van der Waals surface area contributed by atoms with Crippen LogP contribution in [0.2, 0.25) is 0 Å². The van der Waals surface area contributed by atoms with Crippen molar-refractivity contribution in [2.24, 2.45) is 11.8 Å². The summed E-state index contributed by atoms with van der Waals surface area (Å²) in [4.78, 5) is 5.72. The van der Waals surface area contributed by atoms with Crippen LogP contribution in [0.1, 0.15) is 46.0 Å². The van der Waals surface area contributed by atoms with Crippen molar-refractivity contribution in [3.05, 3.63) is 11.3 Å². The molecule has 4 heteroatoms. The van der Waals surface area contributed by atoms with Crippen LogP contribution in [0, 0.1) is 11.8 Å². The molecule has 0 bridgehead atoms. The fourth-order valence-corrected chi connectivity index (χ4v) is 3.95. The minimum absolute atomic E-state index is 0.341. The highest BCUT2D eigenvalue weighted by Crippen LogP contribution is 2.61. The Balaban J connectivity index is 1.71.